The number of phenolic OH excluding ortho intramolecular Hbond substituents is 1. The first-order valence-corrected chi connectivity index (χ1v) is 7.56. The number of thiazole rings is 1. The van der Waals surface area contributed by atoms with Crippen LogP contribution in [0.2, 0.25) is 0 Å². The van der Waals surface area contributed by atoms with Gasteiger partial charge in [-0.1, -0.05) is 6.07 Å². The summed E-state index contributed by atoms with van der Waals surface area (Å²) in [6, 6.07) is 6.14. The van der Waals surface area contributed by atoms with E-state index in [1.807, 2.05) is 11.6 Å². The molecule has 1 aromatic carbocycles. The lowest BCUT2D eigenvalue weighted by Crippen LogP contribution is -2.24. The Morgan fingerprint density at radius 2 is 2.37 bits per heavy atom. The van der Waals surface area contributed by atoms with Crippen LogP contribution in [0, 0.1) is 6.92 Å². The number of aromatic nitrogens is 1. The third-order valence-corrected chi connectivity index (χ3v) is 4.73. The minimum atomic E-state index is 0.373. The molecule has 1 aliphatic rings. The third kappa shape index (κ3) is 2.65. The van der Waals surface area contributed by atoms with Crippen LogP contribution in [0.5, 0.6) is 5.75 Å². The van der Waals surface area contributed by atoms with Gasteiger partial charge in [0.25, 0.3) is 0 Å². The first kappa shape index (κ1) is 12.6. The molecule has 2 N–H and O–H groups in total. The minimum Gasteiger partial charge on any atom is -0.508 e. The third-order valence-electron chi connectivity index (χ3n) is 3.79. The van der Waals surface area contributed by atoms with E-state index >= 15 is 0 Å². The lowest BCUT2D eigenvalue weighted by Gasteiger charge is -2.26. The van der Waals surface area contributed by atoms with Crippen LogP contribution in [-0.2, 0) is 13.0 Å². The van der Waals surface area contributed by atoms with Crippen molar-refractivity contribution < 1.29 is 5.11 Å². The van der Waals surface area contributed by atoms with Crippen LogP contribution in [0.3, 0.4) is 0 Å². The van der Waals surface area contributed by atoms with Gasteiger partial charge in [-0.15, -0.1) is 11.3 Å². The van der Waals surface area contributed by atoms with Crippen molar-refractivity contribution in [2.75, 3.05) is 0 Å². The van der Waals surface area contributed by atoms with Gasteiger partial charge in [0.15, 0.2) is 0 Å². The molecule has 0 fully saturated rings. The maximum absolute atomic E-state index is 9.56. The van der Waals surface area contributed by atoms with E-state index in [1.54, 1.807) is 17.4 Å². The fourth-order valence-corrected chi connectivity index (χ4v) is 3.45. The number of nitrogens with zero attached hydrogens (tertiary/aromatic N) is 1. The predicted molar refractivity (Wildman–Crippen MR) is 77.5 cm³/mol. The van der Waals surface area contributed by atoms with Crippen molar-refractivity contribution in [1.29, 1.82) is 0 Å². The molecule has 19 heavy (non-hydrogen) atoms. The summed E-state index contributed by atoms with van der Waals surface area (Å²) >= 11 is 1.71. The van der Waals surface area contributed by atoms with E-state index in [1.165, 1.54) is 22.4 Å². The van der Waals surface area contributed by atoms with E-state index in [0.717, 1.165) is 25.1 Å². The topological polar surface area (TPSA) is 45.2 Å². The summed E-state index contributed by atoms with van der Waals surface area (Å²) in [6.07, 6.45) is 3.41. The zero-order valence-corrected chi connectivity index (χ0v) is 11.8. The Balaban J connectivity index is 1.75. The van der Waals surface area contributed by atoms with Crippen LogP contribution >= 0.6 is 11.3 Å². The summed E-state index contributed by atoms with van der Waals surface area (Å²) in [5.41, 5.74) is 5.65. The van der Waals surface area contributed by atoms with E-state index in [2.05, 4.69) is 23.3 Å². The number of nitrogens with one attached hydrogen (secondary N) is 1. The molecule has 1 aliphatic carbocycles. The summed E-state index contributed by atoms with van der Waals surface area (Å²) in [5, 5.41) is 13.2. The Morgan fingerprint density at radius 3 is 3.16 bits per heavy atom. The van der Waals surface area contributed by atoms with Gasteiger partial charge in [-0.25, -0.2) is 4.98 Å². The predicted octanol–water partition coefficient (Wildman–Crippen LogP) is 3.32. The van der Waals surface area contributed by atoms with E-state index in [0.29, 0.717) is 11.8 Å². The molecule has 1 unspecified atom stereocenters. The van der Waals surface area contributed by atoms with E-state index in [4.69, 9.17) is 0 Å². The fraction of sp³-hybridized carbons (Fsp3) is 0.400. The molecular weight excluding hydrogens is 256 g/mol. The largest absolute Gasteiger partial charge is 0.508 e. The number of aromatic hydroxyl groups is 1. The molecule has 2 aromatic rings. The second-order valence-corrected chi connectivity index (χ2v) is 6.01. The number of aryl methyl sites for hydroxylation is 2. The number of hydrogen-bond donors (Lipinski definition) is 2. The molecule has 3 nitrogen and oxygen atoms in total. The molecule has 1 aromatic heterocycles. The molecular formula is C15H18N2OS. The van der Waals surface area contributed by atoms with Crippen LogP contribution in [0.25, 0.3) is 0 Å². The summed E-state index contributed by atoms with van der Waals surface area (Å²) in [7, 11) is 0. The molecule has 1 atom stereocenters. The summed E-state index contributed by atoms with van der Waals surface area (Å²) in [6.45, 7) is 2.93. The van der Waals surface area contributed by atoms with Gasteiger partial charge in [0, 0.05) is 17.5 Å². The average molecular weight is 274 g/mol. The van der Waals surface area contributed by atoms with E-state index in [9.17, 15) is 5.11 Å². The lowest BCUT2D eigenvalue weighted by atomic mass is 9.87. The molecule has 0 saturated carbocycles. The van der Waals surface area contributed by atoms with Crippen molar-refractivity contribution in [3.63, 3.8) is 0 Å². The van der Waals surface area contributed by atoms with Gasteiger partial charge in [0.1, 0.15) is 5.75 Å². The Hall–Kier alpha value is -1.39. The molecule has 0 spiro atoms. The fourth-order valence-electron chi connectivity index (χ4n) is 2.72. The zero-order valence-electron chi connectivity index (χ0n) is 11.0. The zero-order chi connectivity index (χ0) is 13.2. The molecule has 0 radical (unpaired) electrons. The Labute approximate surface area is 117 Å². The molecule has 100 valence electrons. The molecule has 1 heterocycles. The number of fused-ring (bicyclic) bond motifs is 1. The standard InChI is InChI=1S/C15H18N2OS/c1-10-15(19-9-17-10)8-16-14-4-2-3-11-7-12(18)5-6-13(11)14/h5-7,9,14,16,18H,2-4,8H2,1H3. The molecule has 3 rings (SSSR count). The van der Waals surface area contributed by atoms with Crippen LogP contribution in [0.1, 0.15) is 40.6 Å². The highest BCUT2D eigenvalue weighted by molar-refractivity contribution is 7.09. The van der Waals surface area contributed by atoms with Gasteiger partial charge in [0.05, 0.1) is 11.2 Å². The number of benzene rings is 1. The van der Waals surface area contributed by atoms with Gasteiger partial charge in [-0.05, 0) is 49.4 Å². The molecule has 0 saturated heterocycles. The lowest BCUT2D eigenvalue weighted by molar-refractivity contribution is 0.450. The second-order valence-electron chi connectivity index (χ2n) is 5.07. The second kappa shape index (κ2) is 5.31. The molecule has 0 amide bonds. The highest BCUT2D eigenvalue weighted by atomic mass is 32.1. The first-order chi connectivity index (χ1) is 9.24. The van der Waals surface area contributed by atoms with E-state index < -0.39 is 0 Å². The molecule has 4 heteroatoms. The molecule has 0 aliphatic heterocycles. The smallest absolute Gasteiger partial charge is 0.115 e. The Morgan fingerprint density at radius 1 is 1.47 bits per heavy atom. The molecule has 0 bridgehead atoms. The van der Waals surface area contributed by atoms with E-state index in [-0.39, 0.29) is 0 Å². The van der Waals surface area contributed by atoms with Crippen LogP contribution < -0.4 is 5.32 Å². The summed E-state index contributed by atoms with van der Waals surface area (Å²) in [5.74, 6) is 0.373. The number of phenols is 1. The normalized spacial score (nSPS) is 18.3. The van der Waals surface area contributed by atoms with Crippen LogP contribution in [-0.4, -0.2) is 10.1 Å². The highest BCUT2D eigenvalue weighted by Gasteiger charge is 2.20. The summed E-state index contributed by atoms with van der Waals surface area (Å²) in [4.78, 5) is 5.59. The van der Waals surface area contributed by atoms with Crippen LogP contribution in [0.4, 0.5) is 0 Å². The van der Waals surface area contributed by atoms with Crippen molar-refractivity contribution in [1.82, 2.24) is 10.3 Å². The number of rotatable bonds is 3. The van der Waals surface area contributed by atoms with Gasteiger partial charge in [-0.2, -0.15) is 0 Å². The van der Waals surface area contributed by atoms with Gasteiger partial charge < -0.3 is 10.4 Å². The average Bonchev–Trinajstić information content (AvgIpc) is 2.81. The van der Waals surface area contributed by atoms with Crippen molar-refractivity contribution in [2.24, 2.45) is 0 Å². The van der Waals surface area contributed by atoms with Crippen molar-refractivity contribution in [3.05, 3.63) is 45.4 Å². The van der Waals surface area contributed by atoms with Gasteiger partial charge in [-0.3, -0.25) is 0 Å². The quantitative estimate of drug-likeness (QED) is 0.902. The monoisotopic (exact) mass is 274 g/mol. The Bertz CT molecular complexity index is 579. The Kier molecular flexibility index (Phi) is 3.53. The van der Waals surface area contributed by atoms with Crippen molar-refractivity contribution >= 4 is 11.3 Å². The van der Waals surface area contributed by atoms with Crippen molar-refractivity contribution in [3.8, 4) is 5.75 Å². The highest BCUT2D eigenvalue weighted by Crippen LogP contribution is 2.32. The maximum Gasteiger partial charge on any atom is 0.115 e. The maximum atomic E-state index is 9.56. The number of hydrogen-bond acceptors (Lipinski definition) is 4. The van der Waals surface area contributed by atoms with Crippen LogP contribution in [0.15, 0.2) is 23.7 Å². The first-order valence-electron chi connectivity index (χ1n) is 6.68. The minimum absolute atomic E-state index is 0.373. The SMILES string of the molecule is Cc1ncsc1CNC1CCCc2cc(O)ccc21. The van der Waals surface area contributed by atoms with Gasteiger partial charge >= 0.3 is 0 Å². The van der Waals surface area contributed by atoms with Crippen molar-refractivity contribution in [2.45, 2.75) is 38.8 Å². The summed E-state index contributed by atoms with van der Waals surface area (Å²) < 4.78 is 0. The van der Waals surface area contributed by atoms with Gasteiger partial charge in [0.2, 0.25) is 0 Å².